The van der Waals surface area contributed by atoms with Gasteiger partial charge in [-0.25, -0.2) is 0 Å². The maximum atomic E-state index is 10.5. The molecule has 3 aliphatic rings. The van der Waals surface area contributed by atoms with Crippen LogP contribution in [0.5, 0.6) is 0 Å². The van der Waals surface area contributed by atoms with Crippen LogP contribution in [-0.4, -0.2) is 6.29 Å². The number of fused-ring (bicyclic) bond motifs is 3. The number of hydrogen-bond donors (Lipinski definition) is 0. The summed E-state index contributed by atoms with van der Waals surface area (Å²) in [7, 11) is 0. The predicted molar refractivity (Wildman–Crippen MR) is 39.6 cm³/mol. The fourth-order valence-electron chi connectivity index (χ4n) is 2.60. The van der Waals surface area contributed by atoms with Crippen LogP contribution in [0.2, 0.25) is 0 Å². The third-order valence-electron chi connectivity index (χ3n) is 3.28. The van der Waals surface area contributed by atoms with Gasteiger partial charge in [0, 0.05) is 5.92 Å². The average Bonchev–Trinajstić information content (AvgIpc) is 2.06. The summed E-state index contributed by atoms with van der Waals surface area (Å²) >= 11 is 0. The maximum Gasteiger partial charge on any atom is 0.123 e. The van der Waals surface area contributed by atoms with E-state index in [2.05, 4.69) is 0 Å². The Labute approximate surface area is 61.8 Å². The average molecular weight is 138 g/mol. The van der Waals surface area contributed by atoms with Crippen LogP contribution in [0.1, 0.15) is 32.1 Å². The van der Waals surface area contributed by atoms with Crippen LogP contribution in [0.25, 0.3) is 0 Å². The van der Waals surface area contributed by atoms with E-state index in [1.807, 2.05) is 0 Å². The highest BCUT2D eigenvalue weighted by Crippen LogP contribution is 2.43. The third-order valence-corrected chi connectivity index (χ3v) is 3.28. The first-order valence-electron chi connectivity index (χ1n) is 4.35. The van der Waals surface area contributed by atoms with E-state index < -0.39 is 0 Å². The van der Waals surface area contributed by atoms with Gasteiger partial charge in [-0.1, -0.05) is 12.8 Å². The Balaban J connectivity index is 2.07. The van der Waals surface area contributed by atoms with Crippen molar-refractivity contribution in [1.29, 1.82) is 0 Å². The molecule has 0 aromatic carbocycles. The SMILES string of the molecule is O=C[C@H]1CC2CCC1CC2. The topological polar surface area (TPSA) is 17.1 Å². The van der Waals surface area contributed by atoms with Crippen molar-refractivity contribution >= 4 is 6.29 Å². The highest BCUT2D eigenvalue weighted by molar-refractivity contribution is 5.54. The molecule has 0 unspecified atom stereocenters. The molecule has 1 nitrogen and oxygen atoms in total. The lowest BCUT2D eigenvalue weighted by Gasteiger charge is -2.39. The van der Waals surface area contributed by atoms with Crippen molar-refractivity contribution in [3.05, 3.63) is 0 Å². The molecule has 0 aliphatic heterocycles. The fraction of sp³-hybridized carbons (Fsp3) is 0.889. The Bertz CT molecular complexity index is 134. The van der Waals surface area contributed by atoms with E-state index in [0.717, 1.165) is 11.8 Å². The first kappa shape index (κ1) is 6.38. The quantitative estimate of drug-likeness (QED) is 0.506. The van der Waals surface area contributed by atoms with Crippen LogP contribution < -0.4 is 0 Å². The van der Waals surface area contributed by atoms with Gasteiger partial charge in [0.1, 0.15) is 6.29 Å². The first-order valence-corrected chi connectivity index (χ1v) is 4.35. The molecule has 1 heteroatoms. The minimum atomic E-state index is 0.438. The van der Waals surface area contributed by atoms with Gasteiger partial charge in [-0.15, -0.1) is 0 Å². The van der Waals surface area contributed by atoms with E-state index in [-0.39, 0.29) is 0 Å². The molecule has 0 N–H and O–H groups in total. The Kier molecular flexibility index (Phi) is 1.51. The van der Waals surface area contributed by atoms with Gasteiger partial charge in [0.25, 0.3) is 0 Å². The minimum absolute atomic E-state index is 0.438. The van der Waals surface area contributed by atoms with Crippen LogP contribution in [-0.2, 0) is 4.79 Å². The molecule has 56 valence electrons. The molecule has 0 aromatic heterocycles. The van der Waals surface area contributed by atoms with Crippen molar-refractivity contribution < 1.29 is 4.79 Å². The zero-order chi connectivity index (χ0) is 6.97. The lowest BCUT2D eigenvalue weighted by Crippen LogP contribution is -2.31. The second kappa shape index (κ2) is 2.37. The van der Waals surface area contributed by atoms with E-state index in [1.165, 1.54) is 38.4 Å². The fourth-order valence-corrected chi connectivity index (χ4v) is 2.60. The van der Waals surface area contributed by atoms with Crippen LogP contribution in [0, 0.1) is 17.8 Å². The molecule has 3 saturated carbocycles. The molecule has 2 bridgehead atoms. The predicted octanol–water partition coefficient (Wildman–Crippen LogP) is 2.01. The van der Waals surface area contributed by atoms with Crippen molar-refractivity contribution in [3.63, 3.8) is 0 Å². The van der Waals surface area contributed by atoms with E-state index in [0.29, 0.717) is 5.92 Å². The zero-order valence-electron chi connectivity index (χ0n) is 6.25. The van der Waals surface area contributed by atoms with E-state index in [9.17, 15) is 4.79 Å². The van der Waals surface area contributed by atoms with Crippen LogP contribution in [0.4, 0.5) is 0 Å². The molecular formula is C9H14O. The summed E-state index contributed by atoms with van der Waals surface area (Å²) in [5.74, 6) is 2.11. The Hall–Kier alpha value is -0.330. The first-order chi connectivity index (χ1) is 4.90. The molecule has 0 amide bonds. The summed E-state index contributed by atoms with van der Waals surface area (Å²) in [5, 5.41) is 0. The molecule has 0 aromatic rings. The second-order valence-electron chi connectivity index (χ2n) is 3.82. The van der Waals surface area contributed by atoms with E-state index in [1.54, 1.807) is 0 Å². The summed E-state index contributed by atoms with van der Waals surface area (Å²) in [6.45, 7) is 0. The zero-order valence-corrected chi connectivity index (χ0v) is 6.25. The molecule has 3 rings (SSSR count). The van der Waals surface area contributed by atoms with Gasteiger partial charge >= 0.3 is 0 Å². The van der Waals surface area contributed by atoms with Crippen molar-refractivity contribution in [2.24, 2.45) is 17.8 Å². The second-order valence-corrected chi connectivity index (χ2v) is 3.82. The van der Waals surface area contributed by atoms with Gasteiger partial charge in [-0.2, -0.15) is 0 Å². The van der Waals surface area contributed by atoms with E-state index >= 15 is 0 Å². The van der Waals surface area contributed by atoms with Crippen molar-refractivity contribution in [3.8, 4) is 0 Å². The lowest BCUT2D eigenvalue weighted by atomic mass is 9.65. The van der Waals surface area contributed by atoms with Gasteiger partial charge in [-0.05, 0) is 31.1 Å². The largest absolute Gasteiger partial charge is 0.303 e. The molecule has 1 atom stereocenters. The number of hydrogen-bond acceptors (Lipinski definition) is 1. The molecule has 0 spiro atoms. The van der Waals surface area contributed by atoms with E-state index in [4.69, 9.17) is 0 Å². The van der Waals surface area contributed by atoms with Crippen molar-refractivity contribution in [2.45, 2.75) is 32.1 Å². The molecule has 3 aliphatic carbocycles. The minimum Gasteiger partial charge on any atom is -0.303 e. The lowest BCUT2D eigenvalue weighted by molar-refractivity contribution is -0.115. The highest BCUT2D eigenvalue weighted by Gasteiger charge is 2.34. The Morgan fingerprint density at radius 2 is 1.80 bits per heavy atom. The summed E-state index contributed by atoms with van der Waals surface area (Å²) in [6, 6.07) is 0. The third kappa shape index (κ3) is 0.882. The normalized spacial score (nSPS) is 45.4. The number of rotatable bonds is 1. The summed E-state index contributed by atoms with van der Waals surface area (Å²) in [4.78, 5) is 10.5. The van der Waals surface area contributed by atoms with Crippen molar-refractivity contribution in [2.75, 3.05) is 0 Å². The number of carbonyl (C=O) groups excluding carboxylic acids is 1. The maximum absolute atomic E-state index is 10.5. The van der Waals surface area contributed by atoms with Crippen LogP contribution in [0.15, 0.2) is 0 Å². The van der Waals surface area contributed by atoms with Gasteiger partial charge in [0.05, 0.1) is 0 Å². The molecule has 0 heterocycles. The van der Waals surface area contributed by atoms with Gasteiger partial charge in [0.2, 0.25) is 0 Å². The summed E-state index contributed by atoms with van der Waals surface area (Å²) < 4.78 is 0. The Morgan fingerprint density at radius 1 is 1.10 bits per heavy atom. The van der Waals surface area contributed by atoms with Gasteiger partial charge < -0.3 is 4.79 Å². The Morgan fingerprint density at radius 3 is 2.10 bits per heavy atom. The monoisotopic (exact) mass is 138 g/mol. The smallest absolute Gasteiger partial charge is 0.123 e. The van der Waals surface area contributed by atoms with Gasteiger partial charge in [0.15, 0.2) is 0 Å². The number of aldehydes is 1. The number of carbonyl (C=O) groups is 1. The highest BCUT2D eigenvalue weighted by atomic mass is 16.1. The van der Waals surface area contributed by atoms with Gasteiger partial charge in [-0.3, -0.25) is 0 Å². The van der Waals surface area contributed by atoms with Crippen LogP contribution in [0.3, 0.4) is 0 Å². The molecule has 0 saturated heterocycles. The van der Waals surface area contributed by atoms with Crippen LogP contribution >= 0.6 is 0 Å². The standard InChI is InChI=1S/C9H14O/c10-6-9-5-7-1-3-8(9)4-2-7/h6-9H,1-5H2/t7?,8?,9-/m1/s1. The van der Waals surface area contributed by atoms with Crippen molar-refractivity contribution in [1.82, 2.24) is 0 Å². The summed E-state index contributed by atoms with van der Waals surface area (Å²) in [5.41, 5.74) is 0. The molecular weight excluding hydrogens is 124 g/mol. The summed E-state index contributed by atoms with van der Waals surface area (Å²) in [6.07, 6.45) is 7.84. The molecule has 3 fully saturated rings. The molecule has 0 radical (unpaired) electrons. The molecule has 10 heavy (non-hydrogen) atoms.